The molecule has 1 aliphatic heterocycles. The topological polar surface area (TPSA) is 33.6 Å². The molecule has 1 aromatic carbocycles. The molecule has 3 rings (SSSR count). The maximum atomic E-state index is 5.36. The number of benzene rings is 1. The van der Waals surface area contributed by atoms with E-state index in [-0.39, 0.29) is 6.04 Å². The molecule has 1 aromatic heterocycles. The van der Waals surface area contributed by atoms with Crippen LogP contribution in [0.1, 0.15) is 35.4 Å². The number of aliphatic imine (C=N–C) groups is 1. The molecule has 0 saturated carbocycles. The zero-order chi connectivity index (χ0) is 14.8. The molecule has 2 aromatic rings. The van der Waals surface area contributed by atoms with Crippen LogP contribution in [0.3, 0.4) is 0 Å². The third kappa shape index (κ3) is 2.81. The van der Waals surface area contributed by atoms with Gasteiger partial charge in [0.15, 0.2) is 0 Å². The minimum Gasteiger partial charge on any atom is -0.497 e. The molecule has 0 spiro atoms. The molecule has 1 unspecified atom stereocenters. The Bertz CT molecular complexity index is 675. The second kappa shape index (κ2) is 5.90. The predicted octanol–water partition coefficient (Wildman–Crippen LogP) is 4.58. The average Bonchev–Trinajstić information content (AvgIpc) is 2.83. The zero-order valence-corrected chi connectivity index (χ0v) is 13.5. The van der Waals surface area contributed by atoms with Gasteiger partial charge in [-0.25, -0.2) is 0 Å². The number of nitrogens with one attached hydrogen (secondary N) is 1. The number of anilines is 1. The molecular formula is C17H20N2OS. The van der Waals surface area contributed by atoms with Crippen molar-refractivity contribution in [3.8, 4) is 5.75 Å². The summed E-state index contributed by atoms with van der Waals surface area (Å²) in [5.74, 6) is 1.95. The highest BCUT2D eigenvalue weighted by molar-refractivity contribution is 7.10. The Morgan fingerprint density at radius 2 is 2.24 bits per heavy atom. The molecule has 0 aliphatic carbocycles. The maximum Gasteiger partial charge on any atom is 0.119 e. The van der Waals surface area contributed by atoms with E-state index in [0.717, 1.165) is 30.1 Å². The Kier molecular flexibility index (Phi) is 3.97. The van der Waals surface area contributed by atoms with E-state index in [0.29, 0.717) is 0 Å². The molecule has 3 nitrogen and oxygen atoms in total. The lowest BCUT2D eigenvalue weighted by molar-refractivity contribution is 0.414. The number of thiophene rings is 1. The first kappa shape index (κ1) is 14.1. The summed E-state index contributed by atoms with van der Waals surface area (Å²) in [5, 5.41) is 5.62. The SMILES string of the molecule is CCC1=NC(c2sccc2C)Cc2cc(OC)ccc2N1. The van der Waals surface area contributed by atoms with Crippen molar-refractivity contribution < 1.29 is 4.74 Å². The van der Waals surface area contributed by atoms with Crippen LogP contribution in [0.5, 0.6) is 5.75 Å². The summed E-state index contributed by atoms with van der Waals surface area (Å²) >= 11 is 1.80. The van der Waals surface area contributed by atoms with Crippen LogP contribution in [0, 0.1) is 6.92 Å². The summed E-state index contributed by atoms with van der Waals surface area (Å²) in [4.78, 5) is 6.30. The van der Waals surface area contributed by atoms with Crippen molar-refractivity contribution in [3.63, 3.8) is 0 Å². The van der Waals surface area contributed by atoms with Gasteiger partial charge in [-0.1, -0.05) is 6.92 Å². The Labute approximate surface area is 129 Å². The highest BCUT2D eigenvalue weighted by Crippen LogP contribution is 2.35. The fourth-order valence-corrected chi connectivity index (χ4v) is 3.64. The van der Waals surface area contributed by atoms with E-state index in [1.54, 1.807) is 18.4 Å². The lowest BCUT2D eigenvalue weighted by Crippen LogP contribution is -2.10. The molecule has 1 atom stereocenters. The van der Waals surface area contributed by atoms with Crippen molar-refractivity contribution in [2.45, 2.75) is 32.7 Å². The standard InChI is InChI=1S/C17H20N2OS/c1-4-16-18-14-6-5-13(20-3)9-12(14)10-15(19-16)17-11(2)7-8-21-17/h5-9,15H,4,10H2,1-3H3,(H,18,19). The normalized spacial score (nSPS) is 17.5. The van der Waals surface area contributed by atoms with Crippen LogP contribution in [0.4, 0.5) is 5.69 Å². The van der Waals surface area contributed by atoms with Gasteiger partial charge in [0.1, 0.15) is 11.6 Å². The Hall–Kier alpha value is -1.81. The molecule has 4 heteroatoms. The number of aryl methyl sites for hydroxylation is 1. The van der Waals surface area contributed by atoms with Crippen molar-refractivity contribution >= 4 is 22.9 Å². The fraction of sp³-hybridized carbons (Fsp3) is 0.353. The van der Waals surface area contributed by atoms with E-state index in [2.05, 4.69) is 42.7 Å². The smallest absolute Gasteiger partial charge is 0.119 e. The Morgan fingerprint density at radius 3 is 2.90 bits per heavy atom. The number of fused-ring (bicyclic) bond motifs is 1. The first-order valence-corrected chi connectivity index (χ1v) is 8.13. The molecule has 110 valence electrons. The van der Waals surface area contributed by atoms with E-state index in [1.807, 2.05) is 6.07 Å². The third-order valence-electron chi connectivity index (χ3n) is 3.86. The van der Waals surface area contributed by atoms with Crippen LogP contribution in [-0.4, -0.2) is 12.9 Å². The molecular weight excluding hydrogens is 280 g/mol. The lowest BCUT2D eigenvalue weighted by atomic mass is 10.0. The number of ether oxygens (including phenoxy) is 1. The van der Waals surface area contributed by atoms with E-state index < -0.39 is 0 Å². The van der Waals surface area contributed by atoms with Gasteiger partial charge >= 0.3 is 0 Å². The summed E-state index contributed by atoms with van der Waals surface area (Å²) in [6, 6.07) is 8.57. The van der Waals surface area contributed by atoms with Crippen molar-refractivity contribution in [2.75, 3.05) is 12.4 Å². The molecule has 0 bridgehead atoms. The summed E-state index contributed by atoms with van der Waals surface area (Å²) in [5.41, 5.74) is 3.74. The van der Waals surface area contributed by atoms with E-state index >= 15 is 0 Å². The fourth-order valence-electron chi connectivity index (χ4n) is 2.67. The van der Waals surface area contributed by atoms with E-state index in [9.17, 15) is 0 Å². The summed E-state index contributed by atoms with van der Waals surface area (Å²) in [7, 11) is 1.71. The van der Waals surface area contributed by atoms with Crippen LogP contribution < -0.4 is 10.1 Å². The molecule has 1 aliphatic rings. The van der Waals surface area contributed by atoms with Crippen molar-refractivity contribution in [1.82, 2.24) is 0 Å². The van der Waals surface area contributed by atoms with Crippen molar-refractivity contribution in [3.05, 3.63) is 45.6 Å². The van der Waals surface area contributed by atoms with Crippen LogP contribution in [0.2, 0.25) is 0 Å². The zero-order valence-electron chi connectivity index (χ0n) is 12.6. The predicted molar refractivity (Wildman–Crippen MR) is 89.8 cm³/mol. The third-order valence-corrected chi connectivity index (χ3v) is 4.98. The maximum absolute atomic E-state index is 5.36. The molecule has 0 fully saturated rings. The minimum atomic E-state index is 0.195. The first-order chi connectivity index (χ1) is 10.2. The molecule has 1 N–H and O–H groups in total. The molecule has 0 saturated heterocycles. The molecule has 0 radical (unpaired) electrons. The second-order valence-electron chi connectivity index (χ2n) is 5.27. The summed E-state index contributed by atoms with van der Waals surface area (Å²) in [6.07, 6.45) is 1.82. The van der Waals surface area contributed by atoms with Gasteiger partial charge in [-0.15, -0.1) is 11.3 Å². The monoisotopic (exact) mass is 300 g/mol. The first-order valence-electron chi connectivity index (χ1n) is 7.26. The molecule has 21 heavy (non-hydrogen) atoms. The summed E-state index contributed by atoms with van der Waals surface area (Å²) < 4.78 is 5.36. The van der Waals surface area contributed by atoms with Crippen LogP contribution >= 0.6 is 11.3 Å². The van der Waals surface area contributed by atoms with Crippen LogP contribution in [0.25, 0.3) is 0 Å². The Morgan fingerprint density at radius 1 is 1.38 bits per heavy atom. The minimum absolute atomic E-state index is 0.195. The van der Waals surface area contributed by atoms with Gasteiger partial charge in [0.05, 0.1) is 13.2 Å². The highest BCUT2D eigenvalue weighted by atomic mass is 32.1. The number of hydrogen-bond acceptors (Lipinski definition) is 4. The molecule has 0 amide bonds. The van der Waals surface area contributed by atoms with Gasteiger partial charge in [0.25, 0.3) is 0 Å². The van der Waals surface area contributed by atoms with E-state index in [1.165, 1.54) is 16.0 Å². The number of nitrogens with zero attached hydrogens (tertiary/aromatic N) is 1. The highest BCUT2D eigenvalue weighted by Gasteiger charge is 2.21. The number of rotatable bonds is 3. The van der Waals surface area contributed by atoms with Gasteiger partial charge in [-0.3, -0.25) is 4.99 Å². The van der Waals surface area contributed by atoms with Gasteiger partial charge in [0, 0.05) is 23.4 Å². The Balaban J connectivity index is 2.03. The van der Waals surface area contributed by atoms with Crippen LogP contribution in [-0.2, 0) is 6.42 Å². The average molecular weight is 300 g/mol. The molecule has 2 heterocycles. The van der Waals surface area contributed by atoms with Gasteiger partial charge in [-0.05, 0) is 47.7 Å². The van der Waals surface area contributed by atoms with Crippen molar-refractivity contribution in [2.24, 2.45) is 4.99 Å². The lowest BCUT2D eigenvalue weighted by Gasteiger charge is -2.12. The van der Waals surface area contributed by atoms with Gasteiger partial charge in [0.2, 0.25) is 0 Å². The van der Waals surface area contributed by atoms with Crippen molar-refractivity contribution in [1.29, 1.82) is 0 Å². The van der Waals surface area contributed by atoms with E-state index in [4.69, 9.17) is 9.73 Å². The quantitative estimate of drug-likeness (QED) is 0.900. The largest absolute Gasteiger partial charge is 0.497 e. The number of amidine groups is 1. The number of hydrogen-bond donors (Lipinski definition) is 1. The summed E-state index contributed by atoms with van der Waals surface area (Å²) in [6.45, 7) is 4.30. The van der Waals surface area contributed by atoms with Gasteiger partial charge in [-0.2, -0.15) is 0 Å². The van der Waals surface area contributed by atoms with Crippen LogP contribution in [0.15, 0.2) is 34.6 Å². The van der Waals surface area contributed by atoms with Gasteiger partial charge < -0.3 is 10.1 Å². The second-order valence-corrected chi connectivity index (χ2v) is 6.21. The number of methoxy groups -OCH3 is 1.